The van der Waals surface area contributed by atoms with E-state index in [1.54, 1.807) is 69.7 Å². The van der Waals surface area contributed by atoms with E-state index in [-0.39, 0.29) is 16.9 Å². The molecular weight excluding hydrogens is 522 g/mol. The van der Waals surface area contributed by atoms with Gasteiger partial charge in [0.15, 0.2) is 17.3 Å². The summed E-state index contributed by atoms with van der Waals surface area (Å²) in [5.74, 6) is 2.64. The molecule has 0 fully saturated rings. The summed E-state index contributed by atoms with van der Waals surface area (Å²) in [6, 6.07) is 16.6. The summed E-state index contributed by atoms with van der Waals surface area (Å²) in [4.78, 5) is 4.59. The Hall–Kier alpha value is -4.51. The van der Waals surface area contributed by atoms with Crippen molar-refractivity contribution < 1.29 is 31.6 Å². The molecule has 0 atom stereocenters. The molecule has 0 spiro atoms. The van der Waals surface area contributed by atoms with Gasteiger partial charge in [0.2, 0.25) is 5.82 Å². The predicted molar refractivity (Wildman–Crippen MR) is 146 cm³/mol. The molecule has 11 heteroatoms. The minimum atomic E-state index is -3.85. The van der Waals surface area contributed by atoms with Crippen molar-refractivity contribution >= 4 is 26.7 Å². The van der Waals surface area contributed by atoms with Gasteiger partial charge in [-0.05, 0) is 81.4 Å². The standard InChI is InChI=1S/C28H27N3O7S/c1-16(2)36-24-12-6-18(14-25(24)35-5)27-29-28(38-30-27)26-17(3)22-15-21(11-13-23(22)37-26)39(32,33)31-19-7-9-20(34-4)10-8-19/h6-16,31H,1-5H3. The number of furan rings is 1. The Bertz CT molecular complexity index is 1740. The average molecular weight is 550 g/mol. The van der Waals surface area contributed by atoms with Gasteiger partial charge in [-0.25, -0.2) is 8.42 Å². The molecule has 0 radical (unpaired) electrons. The Balaban J connectivity index is 1.44. The van der Waals surface area contributed by atoms with Crippen molar-refractivity contribution in [2.45, 2.75) is 31.8 Å². The van der Waals surface area contributed by atoms with Crippen molar-refractivity contribution in [1.29, 1.82) is 0 Å². The van der Waals surface area contributed by atoms with Crippen LogP contribution in [0, 0.1) is 6.92 Å². The van der Waals surface area contributed by atoms with Gasteiger partial charge in [-0.2, -0.15) is 4.98 Å². The highest BCUT2D eigenvalue weighted by atomic mass is 32.2. The van der Waals surface area contributed by atoms with Crippen LogP contribution >= 0.6 is 0 Å². The summed E-state index contributed by atoms with van der Waals surface area (Å²) in [5, 5.41) is 4.71. The maximum atomic E-state index is 13.1. The third kappa shape index (κ3) is 5.26. The van der Waals surface area contributed by atoms with Crippen molar-refractivity contribution in [3.05, 3.63) is 66.2 Å². The molecule has 0 amide bonds. The van der Waals surface area contributed by atoms with Crippen LogP contribution in [0.2, 0.25) is 0 Å². The first-order chi connectivity index (χ1) is 18.7. The van der Waals surface area contributed by atoms with Crippen LogP contribution in [0.1, 0.15) is 19.4 Å². The molecule has 1 N–H and O–H groups in total. The average Bonchev–Trinajstić information content (AvgIpc) is 3.53. The zero-order valence-corrected chi connectivity index (χ0v) is 22.8. The quantitative estimate of drug-likeness (QED) is 0.233. The monoisotopic (exact) mass is 549 g/mol. The number of anilines is 1. The molecule has 0 saturated heterocycles. The lowest BCUT2D eigenvalue weighted by Gasteiger charge is -2.13. The van der Waals surface area contributed by atoms with Gasteiger partial charge in [-0.15, -0.1) is 0 Å². The first kappa shape index (κ1) is 26.1. The lowest BCUT2D eigenvalue weighted by Crippen LogP contribution is -2.12. The van der Waals surface area contributed by atoms with Crippen LogP contribution in [0.4, 0.5) is 5.69 Å². The van der Waals surface area contributed by atoms with Crippen molar-refractivity contribution in [2.75, 3.05) is 18.9 Å². The molecule has 2 aromatic heterocycles. The summed E-state index contributed by atoms with van der Waals surface area (Å²) >= 11 is 0. The first-order valence-electron chi connectivity index (χ1n) is 12.1. The second kappa shape index (κ2) is 10.3. The van der Waals surface area contributed by atoms with Crippen LogP contribution in [0.15, 0.2) is 74.5 Å². The summed E-state index contributed by atoms with van der Waals surface area (Å²) in [7, 11) is -0.746. The molecule has 0 aliphatic heterocycles. The molecule has 0 aliphatic rings. The molecular formula is C28H27N3O7S. The third-order valence-corrected chi connectivity index (χ3v) is 7.34. The second-order valence-corrected chi connectivity index (χ2v) is 10.7. The van der Waals surface area contributed by atoms with E-state index in [4.69, 9.17) is 23.2 Å². The summed E-state index contributed by atoms with van der Waals surface area (Å²) < 4.78 is 56.5. The molecule has 5 aromatic rings. The van der Waals surface area contributed by atoms with E-state index in [1.165, 1.54) is 6.07 Å². The van der Waals surface area contributed by atoms with Gasteiger partial charge >= 0.3 is 0 Å². The minimum Gasteiger partial charge on any atom is -0.497 e. The van der Waals surface area contributed by atoms with E-state index in [2.05, 4.69) is 14.9 Å². The zero-order valence-electron chi connectivity index (χ0n) is 22.0. The maximum Gasteiger partial charge on any atom is 0.294 e. The fourth-order valence-electron chi connectivity index (χ4n) is 4.04. The molecule has 0 bridgehead atoms. The number of hydrogen-bond acceptors (Lipinski definition) is 9. The van der Waals surface area contributed by atoms with Gasteiger partial charge in [0.1, 0.15) is 11.3 Å². The van der Waals surface area contributed by atoms with Crippen LogP contribution in [0.3, 0.4) is 0 Å². The smallest absolute Gasteiger partial charge is 0.294 e. The van der Waals surface area contributed by atoms with E-state index in [0.717, 1.165) is 0 Å². The lowest BCUT2D eigenvalue weighted by atomic mass is 10.1. The third-order valence-electron chi connectivity index (χ3n) is 5.96. The Labute approximate surface area is 225 Å². The molecule has 3 aromatic carbocycles. The zero-order chi connectivity index (χ0) is 27.7. The number of rotatable bonds is 9. The molecule has 39 heavy (non-hydrogen) atoms. The van der Waals surface area contributed by atoms with Gasteiger partial charge in [-0.3, -0.25) is 4.72 Å². The van der Waals surface area contributed by atoms with E-state index in [0.29, 0.717) is 56.6 Å². The number of fused-ring (bicyclic) bond motifs is 1. The topological polar surface area (TPSA) is 126 Å². The van der Waals surface area contributed by atoms with Gasteiger partial charge in [0, 0.05) is 22.2 Å². The number of nitrogens with one attached hydrogen (secondary N) is 1. The van der Waals surface area contributed by atoms with Crippen molar-refractivity contribution in [3.63, 3.8) is 0 Å². The second-order valence-electron chi connectivity index (χ2n) is 9.00. The van der Waals surface area contributed by atoms with Gasteiger partial charge < -0.3 is 23.2 Å². The Morgan fingerprint density at radius 3 is 2.38 bits per heavy atom. The Morgan fingerprint density at radius 2 is 1.69 bits per heavy atom. The number of aromatic nitrogens is 2. The number of hydrogen-bond donors (Lipinski definition) is 1. The lowest BCUT2D eigenvalue weighted by molar-refractivity contribution is 0.230. The van der Waals surface area contributed by atoms with Crippen molar-refractivity contribution in [1.82, 2.24) is 10.1 Å². The largest absolute Gasteiger partial charge is 0.497 e. The molecule has 5 rings (SSSR count). The summed E-state index contributed by atoms with van der Waals surface area (Å²) in [5.41, 5.74) is 2.24. The highest BCUT2D eigenvalue weighted by molar-refractivity contribution is 7.92. The highest BCUT2D eigenvalue weighted by Crippen LogP contribution is 2.36. The normalized spacial score (nSPS) is 11.6. The van der Waals surface area contributed by atoms with Gasteiger partial charge in [0.25, 0.3) is 15.9 Å². The number of ether oxygens (including phenoxy) is 3. The van der Waals surface area contributed by atoms with E-state index < -0.39 is 10.0 Å². The number of nitrogens with zero attached hydrogens (tertiary/aromatic N) is 2. The van der Waals surface area contributed by atoms with E-state index in [9.17, 15) is 8.42 Å². The molecule has 10 nitrogen and oxygen atoms in total. The van der Waals surface area contributed by atoms with E-state index in [1.807, 2.05) is 19.9 Å². The minimum absolute atomic E-state index is 0.00804. The molecule has 0 aliphatic carbocycles. The molecule has 2 heterocycles. The Kier molecular flexibility index (Phi) is 6.92. The van der Waals surface area contributed by atoms with Gasteiger partial charge in [0.05, 0.1) is 25.2 Å². The molecule has 0 unspecified atom stereocenters. The van der Waals surface area contributed by atoms with Crippen LogP contribution in [-0.4, -0.2) is 38.9 Å². The SMILES string of the molecule is COc1ccc(NS(=O)(=O)c2ccc3oc(-c4nc(-c5ccc(OC(C)C)c(OC)c5)no4)c(C)c3c2)cc1. The van der Waals surface area contributed by atoms with Crippen molar-refractivity contribution in [3.8, 4) is 40.3 Å². The number of aryl methyl sites for hydroxylation is 1. The van der Waals surface area contributed by atoms with Gasteiger partial charge in [-0.1, -0.05) is 5.16 Å². The number of benzene rings is 3. The van der Waals surface area contributed by atoms with Crippen LogP contribution < -0.4 is 18.9 Å². The number of sulfonamides is 1. The molecule has 0 saturated carbocycles. The van der Waals surface area contributed by atoms with E-state index >= 15 is 0 Å². The fourth-order valence-corrected chi connectivity index (χ4v) is 5.12. The summed E-state index contributed by atoms with van der Waals surface area (Å²) in [6.45, 7) is 5.67. The van der Waals surface area contributed by atoms with Crippen LogP contribution in [-0.2, 0) is 10.0 Å². The summed E-state index contributed by atoms with van der Waals surface area (Å²) in [6.07, 6.45) is -0.00804. The van der Waals surface area contributed by atoms with Crippen LogP contribution in [0.5, 0.6) is 17.2 Å². The first-order valence-corrected chi connectivity index (χ1v) is 13.6. The fraction of sp³-hybridized carbons (Fsp3) is 0.214. The molecule has 202 valence electrons. The predicted octanol–water partition coefficient (Wildman–Crippen LogP) is 6.06. The maximum absolute atomic E-state index is 13.1. The highest BCUT2D eigenvalue weighted by Gasteiger charge is 2.22. The van der Waals surface area contributed by atoms with Crippen LogP contribution in [0.25, 0.3) is 34.0 Å². The Morgan fingerprint density at radius 1 is 0.923 bits per heavy atom. The number of methoxy groups -OCH3 is 2. The van der Waals surface area contributed by atoms with Crippen molar-refractivity contribution in [2.24, 2.45) is 0 Å².